The Labute approximate surface area is 127 Å². The number of benzene rings is 1. The zero-order chi connectivity index (χ0) is 14.8. The minimum atomic E-state index is -0.861. The molecule has 21 heavy (non-hydrogen) atoms. The molecule has 0 bridgehead atoms. The van der Waals surface area contributed by atoms with Crippen molar-refractivity contribution in [1.82, 2.24) is 15.0 Å². The Bertz CT molecular complexity index is 644. The monoisotopic (exact) mass is 309 g/mol. The molecule has 2 aromatic rings. The highest BCUT2D eigenvalue weighted by Gasteiger charge is 2.22. The third-order valence-corrected chi connectivity index (χ3v) is 3.58. The SMILES string of the molecule is CCCn1nncc1C(O)c1cc(Cl)c2c(c1)OCCO2. The minimum absolute atomic E-state index is 0.427. The Morgan fingerprint density at radius 1 is 1.38 bits per heavy atom. The van der Waals surface area contributed by atoms with E-state index in [4.69, 9.17) is 21.1 Å². The average Bonchev–Trinajstić information content (AvgIpc) is 2.95. The van der Waals surface area contributed by atoms with Crippen LogP contribution in [-0.2, 0) is 6.54 Å². The van der Waals surface area contributed by atoms with Crippen molar-refractivity contribution in [1.29, 1.82) is 0 Å². The summed E-state index contributed by atoms with van der Waals surface area (Å²) in [6, 6.07) is 3.43. The molecule has 0 radical (unpaired) electrons. The third-order valence-electron chi connectivity index (χ3n) is 3.30. The van der Waals surface area contributed by atoms with Crippen LogP contribution in [0.4, 0.5) is 0 Å². The number of aliphatic hydroxyl groups is 1. The van der Waals surface area contributed by atoms with Gasteiger partial charge in [-0.15, -0.1) is 5.10 Å². The molecular weight excluding hydrogens is 294 g/mol. The number of hydrogen-bond donors (Lipinski definition) is 1. The number of ether oxygens (including phenoxy) is 2. The van der Waals surface area contributed by atoms with Crippen molar-refractivity contribution in [2.75, 3.05) is 13.2 Å². The molecule has 1 aromatic carbocycles. The Kier molecular flexibility index (Phi) is 3.98. The van der Waals surface area contributed by atoms with Gasteiger partial charge in [-0.25, -0.2) is 4.68 Å². The van der Waals surface area contributed by atoms with Gasteiger partial charge >= 0.3 is 0 Å². The second-order valence-electron chi connectivity index (χ2n) is 4.81. The van der Waals surface area contributed by atoms with Gasteiger partial charge in [0.2, 0.25) is 0 Å². The summed E-state index contributed by atoms with van der Waals surface area (Å²) in [6.07, 6.45) is 1.61. The van der Waals surface area contributed by atoms with Crippen LogP contribution in [0.3, 0.4) is 0 Å². The van der Waals surface area contributed by atoms with Gasteiger partial charge in [0.25, 0.3) is 0 Å². The number of rotatable bonds is 4. The van der Waals surface area contributed by atoms with Gasteiger partial charge < -0.3 is 14.6 Å². The summed E-state index contributed by atoms with van der Waals surface area (Å²) >= 11 is 6.20. The number of halogens is 1. The summed E-state index contributed by atoms with van der Waals surface area (Å²) in [5.74, 6) is 1.08. The topological polar surface area (TPSA) is 69.4 Å². The van der Waals surface area contributed by atoms with Gasteiger partial charge in [0.1, 0.15) is 19.3 Å². The van der Waals surface area contributed by atoms with Crippen molar-refractivity contribution in [3.8, 4) is 11.5 Å². The second kappa shape index (κ2) is 5.91. The molecule has 1 aliphatic rings. The van der Waals surface area contributed by atoms with Gasteiger partial charge in [0.05, 0.1) is 16.9 Å². The standard InChI is InChI=1S/C14H16ClN3O3/c1-2-3-18-11(8-16-17-18)13(19)9-6-10(15)14-12(7-9)20-4-5-21-14/h6-8,13,19H,2-5H2,1H3. The molecule has 2 heterocycles. The molecule has 112 valence electrons. The molecule has 0 saturated carbocycles. The molecular formula is C14H16ClN3O3. The summed E-state index contributed by atoms with van der Waals surface area (Å²) in [6.45, 7) is 3.68. The van der Waals surface area contributed by atoms with E-state index in [1.807, 2.05) is 6.92 Å². The lowest BCUT2D eigenvalue weighted by molar-refractivity contribution is 0.169. The maximum atomic E-state index is 10.6. The van der Waals surface area contributed by atoms with E-state index in [1.54, 1.807) is 23.0 Å². The number of aromatic nitrogens is 3. The Balaban J connectivity index is 1.96. The van der Waals surface area contributed by atoms with E-state index in [0.29, 0.717) is 47.5 Å². The first-order valence-electron chi connectivity index (χ1n) is 6.86. The fourth-order valence-electron chi connectivity index (χ4n) is 2.32. The molecule has 1 aliphatic heterocycles. The molecule has 0 fully saturated rings. The fourth-order valence-corrected chi connectivity index (χ4v) is 2.60. The quantitative estimate of drug-likeness (QED) is 0.937. The largest absolute Gasteiger partial charge is 0.486 e. The summed E-state index contributed by atoms with van der Waals surface area (Å²) < 4.78 is 12.7. The first-order chi connectivity index (χ1) is 10.2. The van der Waals surface area contributed by atoms with E-state index < -0.39 is 6.10 Å². The predicted molar refractivity (Wildman–Crippen MR) is 76.8 cm³/mol. The second-order valence-corrected chi connectivity index (χ2v) is 5.22. The molecule has 0 spiro atoms. The first-order valence-corrected chi connectivity index (χ1v) is 7.24. The van der Waals surface area contributed by atoms with Crippen LogP contribution in [0, 0.1) is 0 Å². The number of aliphatic hydroxyl groups excluding tert-OH is 1. The van der Waals surface area contributed by atoms with E-state index in [1.165, 1.54) is 0 Å². The lowest BCUT2D eigenvalue weighted by Gasteiger charge is -2.21. The Hall–Kier alpha value is -1.79. The maximum Gasteiger partial charge on any atom is 0.179 e. The van der Waals surface area contributed by atoms with Gasteiger partial charge in [0, 0.05) is 6.54 Å². The molecule has 0 saturated heterocycles. The van der Waals surface area contributed by atoms with Crippen molar-refractivity contribution < 1.29 is 14.6 Å². The summed E-state index contributed by atoms with van der Waals surface area (Å²) in [5, 5.41) is 18.8. The zero-order valence-electron chi connectivity index (χ0n) is 11.6. The predicted octanol–water partition coefficient (Wildman–Crippen LogP) is 2.19. The lowest BCUT2D eigenvalue weighted by Crippen LogP contribution is -2.16. The zero-order valence-corrected chi connectivity index (χ0v) is 12.4. The Morgan fingerprint density at radius 3 is 3.00 bits per heavy atom. The van der Waals surface area contributed by atoms with E-state index in [2.05, 4.69) is 10.3 Å². The number of aryl methyl sites for hydroxylation is 1. The van der Waals surface area contributed by atoms with Crippen LogP contribution in [0.15, 0.2) is 18.3 Å². The smallest absolute Gasteiger partial charge is 0.179 e. The fraction of sp³-hybridized carbons (Fsp3) is 0.429. The number of hydrogen-bond acceptors (Lipinski definition) is 5. The Morgan fingerprint density at radius 2 is 2.19 bits per heavy atom. The van der Waals surface area contributed by atoms with Crippen LogP contribution in [0.5, 0.6) is 11.5 Å². The third kappa shape index (κ3) is 2.69. The van der Waals surface area contributed by atoms with Crippen molar-refractivity contribution in [3.05, 3.63) is 34.6 Å². The van der Waals surface area contributed by atoms with Gasteiger partial charge in [-0.3, -0.25) is 0 Å². The molecule has 3 rings (SSSR count). The average molecular weight is 310 g/mol. The summed E-state index contributed by atoms with van der Waals surface area (Å²) in [7, 11) is 0. The van der Waals surface area contributed by atoms with Crippen molar-refractivity contribution in [2.45, 2.75) is 26.0 Å². The summed E-state index contributed by atoms with van der Waals surface area (Å²) in [4.78, 5) is 0. The minimum Gasteiger partial charge on any atom is -0.486 e. The van der Waals surface area contributed by atoms with E-state index in [-0.39, 0.29) is 0 Å². The molecule has 7 heteroatoms. The van der Waals surface area contributed by atoms with Gasteiger partial charge in [0.15, 0.2) is 11.5 Å². The highest BCUT2D eigenvalue weighted by Crippen LogP contribution is 2.40. The highest BCUT2D eigenvalue weighted by molar-refractivity contribution is 6.32. The van der Waals surface area contributed by atoms with Crippen LogP contribution in [0.25, 0.3) is 0 Å². The van der Waals surface area contributed by atoms with E-state index in [0.717, 1.165) is 6.42 Å². The van der Waals surface area contributed by atoms with Crippen molar-refractivity contribution >= 4 is 11.6 Å². The maximum absolute atomic E-state index is 10.6. The van der Waals surface area contributed by atoms with Gasteiger partial charge in [-0.05, 0) is 24.1 Å². The van der Waals surface area contributed by atoms with Gasteiger partial charge in [-0.2, -0.15) is 0 Å². The number of nitrogens with zero attached hydrogens (tertiary/aromatic N) is 3. The molecule has 6 nitrogen and oxygen atoms in total. The van der Waals surface area contributed by atoms with Crippen LogP contribution in [0.2, 0.25) is 5.02 Å². The molecule has 1 N–H and O–H groups in total. The van der Waals surface area contributed by atoms with Crippen molar-refractivity contribution in [3.63, 3.8) is 0 Å². The molecule has 0 amide bonds. The lowest BCUT2D eigenvalue weighted by atomic mass is 10.1. The number of fused-ring (bicyclic) bond motifs is 1. The molecule has 0 aliphatic carbocycles. The van der Waals surface area contributed by atoms with E-state index in [9.17, 15) is 5.11 Å². The van der Waals surface area contributed by atoms with Gasteiger partial charge in [-0.1, -0.05) is 23.7 Å². The molecule has 1 atom stereocenters. The highest BCUT2D eigenvalue weighted by atomic mass is 35.5. The van der Waals surface area contributed by atoms with Crippen LogP contribution in [-0.4, -0.2) is 33.3 Å². The van der Waals surface area contributed by atoms with Crippen LogP contribution < -0.4 is 9.47 Å². The van der Waals surface area contributed by atoms with Crippen LogP contribution >= 0.6 is 11.6 Å². The van der Waals surface area contributed by atoms with Crippen molar-refractivity contribution in [2.24, 2.45) is 0 Å². The molecule has 1 aromatic heterocycles. The molecule has 1 unspecified atom stereocenters. The normalized spacial score (nSPS) is 15.0. The first kappa shape index (κ1) is 14.2. The van der Waals surface area contributed by atoms with E-state index >= 15 is 0 Å². The summed E-state index contributed by atoms with van der Waals surface area (Å²) in [5.41, 5.74) is 1.26. The van der Waals surface area contributed by atoms with Crippen LogP contribution in [0.1, 0.15) is 30.7 Å².